The molecule has 0 saturated heterocycles. The first-order chi connectivity index (χ1) is 4.83. The summed E-state index contributed by atoms with van der Waals surface area (Å²) in [6.45, 7) is 2.49. The van der Waals surface area contributed by atoms with Crippen LogP contribution in [-0.4, -0.2) is 16.6 Å². The minimum Gasteiger partial charge on any atom is -0.464 e. The van der Waals surface area contributed by atoms with Gasteiger partial charge in [0.2, 0.25) is 0 Å². The van der Waals surface area contributed by atoms with Crippen LogP contribution in [0.3, 0.4) is 0 Å². The van der Waals surface area contributed by atoms with E-state index in [-0.39, 0.29) is 0 Å². The molecule has 0 aromatic carbocycles. The van der Waals surface area contributed by atoms with Gasteiger partial charge in [0.15, 0.2) is 0 Å². The maximum Gasteiger partial charge on any atom is 0.317 e. The minimum absolute atomic E-state index is 0.414. The molecule has 0 radical (unpaired) electrons. The van der Waals surface area contributed by atoms with Gasteiger partial charge in [0, 0.05) is 6.20 Å². The highest BCUT2D eigenvalue weighted by atomic mass is 79.9. The molecule has 0 bridgehead atoms. The average molecular weight is 203 g/mol. The highest BCUT2D eigenvalue weighted by molar-refractivity contribution is 9.10. The Morgan fingerprint density at radius 2 is 2.50 bits per heavy atom. The van der Waals surface area contributed by atoms with E-state index in [1.807, 2.05) is 6.92 Å². The van der Waals surface area contributed by atoms with Crippen molar-refractivity contribution in [2.75, 3.05) is 6.61 Å². The molecule has 1 aromatic heterocycles. The molecule has 0 fully saturated rings. The van der Waals surface area contributed by atoms with Crippen LogP contribution in [0.1, 0.15) is 6.92 Å². The summed E-state index contributed by atoms with van der Waals surface area (Å²) in [5.41, 5.74) is 0. The van der Waals surface area contributed by atoms with Gasteiger partial charge in [-0.2, -0.15) is 4.98 Å². The van der Waals surface area contributed by atoms with Gasteiger partial charge in [-0.05, 0) is 28.9 Å². The molecular formula is C6H7BrN2O. The van der Waals surface area contributed by atoms with E-state index in [4.69, 9.17) is 4.74 Å². The van der Waals surface area contributed by atoms with Gasteiger partial charge in [-0.3, -0.25) is 0 Å². The zero-order chi connectivity index (χ0) is 7.40. The van der Waals surface area contributed by atoms with E-state index in [2.05, 4.69) is 25.9 Å². The summed E-state index contributed by atoms with van der Waals surface area (Å²) in [6.07, 6.45) is 1.64. The van der Waals surface area contributed by atoms with Crippen LogP contribution in [0.25, 0.3) is 0 Å². The van der Waals surface area contributed by atoms with Crippen LogP contribution in [0.15, 0.2) is 16.9 Å². The molecule has 0 amide bonds. The number of hydrogen-bond donors (Lipinski definition) is 0. The number of nitrogens with zero attached hydrogens (tertiary/aromatic N) is 2. The fourth-order valence-electron chi connectivity index (χ4n) is 0.519. The quantitative estimate of drug-likeness (QED) is 0.685. The first-order valence-electron chi connectivity index (χ1n) is 2.94. The van der Waals surface area contributed by atoms with E-state index in [0.29, 0.717) is 12.6 Å². The van der Waals surface area contributed by atoms with Crippen molar-refractivity contribution in [3.8, 4) is 6.01 Å². The van der Waals surface area contributed by atoms with Gasteiger partial charge in [0.05, 0.1) is 6.61 Å². The van der Waals surface area contributed by atoms with Crippen molar-refractivity contribution in [2.45, 2.75) is 6.92 Å². The molecule has 0 unspecified atom stereocenters. The third-order valence-corrected chi connectivity index (χ3v) is 1.31. The molecule has 0 aliphatic heterocycles. The lowest BCUT2D eigenvalue weighted by molar-refractivity contribution is 0.311. The normalized spacial score (nSPS) is 9.40. The summed E-state index contributed by atoms with van der Waals surface area (Å²) in [4.78, 5) is 7.81. The third kappa shape index (κ3) is 1.95. The molecular weight excluding hydrogens is 196 g/mol. The highest BCUT2D eigenvalue weighted by Crippen LogP contribution is 2.07. The number of halogens is 1. The molecule has 0 N–H and O–H groups in total. The van der Waals surface area contributed by atoms with Crippen LogP contribution in [0, 0.1) is 0 Å². The number of aromatic nitrogens is 2. The Bertz CT molecular complexity index is 217. The van der Waals surface area contributed by atoms with Crippen molar-refractivity contribution in [1.82, 2.24) is 9.97 Å². The van der Waals surface area contributed by atoms with Crippen LogP contribution in [0.2, 0.25) is 0 Å². The summed E-state index contributed by atoms with van der Waals surface area (Å²) in [5.74, 6) is 0. The van der Waals surface area contributed by atoms with Crippen LogP contribution in [0.4, 0.5) is 0 Å². The van der Waals surface area contributed by atoms with Crippen molar-refractivity contribution < 1.29 is 4.74 Å². The Balaban J connectivity index is 2.75. The molecule has 0 atom stereocenters. The summed E-state index contributed by atoms with van der Waals surface area (Å²) in [5, 5.41) is 0. The van der Waals surface area contributed by atoms with Crippen LogP contribution in [0.5, 0.6) is 6.01 Å². The largest absolute Gasteiger partial charge is 0.464 e. The first-order valence-corrected chi connectivity index (χ1v) is 3.73. The lowest BCUT2D eigenvalue weighted by Gasteiger charge is -1.98. The first kappa shape index (κ1) is 7.47. The Hall–Kier alpha value is -0.640. The van der Waals surface area contributed by atoms with Crippen molar-refractivity contribution >= 4 is 15.9 Å². The smallest absolute Gasteiger partial charge is 0.317 e. The molecule has 0 spiro atoms. The number of rotatable bonds is 2. The molecule has 1 aromatic rings. The van der Waals surface area contributed by atoms with E-state index >= 15 is 0 Å². The van der Waals surface area contributed by atoms with Gasteiger partial charge < -0.3 is 4.74 Å². The summed E-state index contributed by atoms with van der Waals surface area (Å²) in [6, 6.07) is 2.17. The zero-order valence-electron chi connectivity index (χ0n) is 5.54. The van der Waals surface area contributed by atoms with E-state index in [1.54, 1.807) is 12.3 Å². The van der Waals surface area contributed by atoms with E-state index in [0.717, 1.165) is 4.60 Å². The van der Waals surface area contributed by atoms with Crippen LogP contribution in [-0.2, 0) is 0 Å². The second-order valence-electron chi connectivity index (χ2n) is 1.59. The Labute approximate surface area is 67.6 Å². The predicted octanol–water partition coefficient (Wildman–Crippen LogP) is 1.64. The molecule has 0 aliphatic carbocycles. The average Bonchev–Trinajstić information content (AvgIpc) is 1.88. The zero-order valence-corrected chi connectivity index (χ0v) is 7.13. The van der Waals surface area contributed by atoms with E-state index in [1.165, 1.54) is 0 Å². The molecule has 10 heavy (non-hydrogen) atoms. The molecule has 1 heterocycles. The van der Waals surface area contributed by atoms with Crippen molar-refractivity contribution in [2.24, 2.45) is 0 Å². The van der Waals surface area contributed by atoms with Crippen molar-refractivity contribution in [3.63, 3.8) is 0 Å². The number of ether oxygens (including phenoxy) is 1. The third-order valence-electron chi connectivity index (χ3n) is 0.873. The molecule has 0 saturated carbocycles. The van der Waals surface area contributed by atoms with E-state index < -0.39 is 0 Å². The van der Waals surface area contributed by atoms with Crippen LogP contribution < -0.4 is 4.74 Å². The lowest BCUT2D eigenvalue weighted by Crippen LogP contribution is -1.96. The molecule has 1 rings (SSSR count). The molecule has 3 nitrogen and oxygen atoms in total. The Morgan fingerprint density at radius 1 is 1.70 bits per heavy atom. The lowest BCUT2D eigenvalue weighted by atomic mass is 10.7. The molecule has 0 aliphatic rings. The monoisotopic (exact) mass is 202 g/mol. The number of hydrogen-bond acceptors (Lipinski definition) is 3. The molecule has 4 heteroatoms. The fourth-order valence-corrected chi connectivity index (χ4v) is 0.789. The Morgan fingerprint density at radius 3 is 3.10 bits per heavy atom. The second kappa shape index (κ2) is 3.51. The maximum atomic E-state index is 5.03. The predicted molar refractivity (Wildman–Crippen MR) is 40.9 cm³/mol. The van der Waals surface area contributed by atoms with Crippen molar-refractivity contribution in [3.05, 3.63) is 16.9 Å². The van der Waals surface area contributed by atoms with Crippen molar-refractivity contribution in [1.29, 1.82) is 0 Å². The van der Waals surface area contributed by atoms with Gasteiger partial charge in [-0.25, -0.2) is 4.98 Å². The van der Waals surface area contributed by atoms with Crippen LogP contribution >= 0.6 is 15.9 Å². The fraction of sp³-hybridized carbons (Fsp3) is 0.333. The van der Waals surface area contributed by atoms with Gasteiger partial charge in [-0.1, -0.05) is 0 Å². The second-order valence-corrected chi connectivity index (χ2v) is 2.41. The SMILES string of the molecule is CCOc1nccc(Br)n1. The summed E-state index contributed by atoms with van der Waals surface area (Å²) < 4.78 is 5.78. The maximum absolute atomic E-state index is 5.03. The highest BCUT2D eigenvalue weighted by Gasteiger charge is 1.93. The van der Waals surface area contributed by atoms with Gasteiger partial charge in [0.25, 0.3) is 0 Å². The minimum atomic E-state index is 0.414. The van der Waals surface area contributed by atoms with E-state index in [9.17, 15) is 0 Å². The van der Waals surface area contributed by atoms with Gasteiger partial charge >= 0.3 is 6.01 Å². The molecule has 54 valence electrons. The van der Waals surface area contributed by atoms with Gasteiger partial charge in [-0.15, -0.1) is 0 Å². The topological polar surface area (TPSA) is 35.0 Å². The van der Waals surface area contributed by atoms with Gasteiger partial charge in [0.1, 0.15) is 4.60 Å². The standard InChI is InChI=1S/C6H7BrN2O/c1-2-10-6-8-4-3-5(7)9-6/h3-4H,2H2,1H3. The Kier molecular flexibility index (Phi) is 2.62. The summed E-state index contributed by atoms with van der Waals surface area (Å²) in [7, 11) is 0. The summed E-state index contributed by atoms with van der Waals surface area (Å²) >= 11 is 3.20.